The average Bonchev–Trinajstić information content (AvgIpc) is 2.60. The third kappa shape index (κ3) is 3.83. The Kier molecular flexibility index (Phi) is 5.88. The largest absolute Gasteiger partial charge is 0.291 e. The lowest BCUT2D eigenvalue weighted by Gasteiger charge is -2.44. The number of piperidine rings is 1. The lowest BCUT2D eigenvalue weighted by molar-refractivity contribution is -0.605. The Labute approximate surface area is 179 Å². The number of benzene rings is 2. The first kappa shape index (κ1) is 20.9. The van der Waals surface area contributed by atoms with Crippen molar-refractivity contribution in [2.75, 3.05) is 0 Å². The predicted molar refractivity (Wildman–Crippen MR) is 112 cm³/mol. The SMILES string of the molecule is CC1(C)[C@@H]([N+](=O)[O-])[C@@H](c2ccc(Br)cc2)N[C@@H](c2ccc(Br)cc2)[C@@H]1[N+](=O)[O-]. The number of halogens is 2. The van der Waals surface area contributed by atoms with Crippen LogP contribution in [0.25, 0.3) is 0 Å². The monoisotopic (exact) mass is 511 g/mol. The van der Waals surface area contributed by atoms with E-state index in [-0.39, 0.29) is 0 Å². The van der Waals surface area contributed by atoms with E-state index < -0.39 is 39.4 Å². The third-order valence-electron chi connectivity index (χ3n) is 5.43. The Morgan fingerprint density at radius 3 is 1.39 bits per heavy atom. The van der Waals surface area contributed by atoms with Crippen LogP contribution in [0.15, 0.2) is 57.5 Å². The molecule has 1 heterocycles. The molecule has 0 amide bonds. The molecule has 1 N–H and O–H groups in total. The number of nitrogens with one attached hydrogen (secondary N) is 1. The van der Waals surface area contributed by atoms with Crippen molar-refractivity contribution in [2.24, 2.45) is 5.41 Å². The van der Waals surface area contributed by atoms with E-state index in [2.05, 4.69) is 37.2 Å². The number of nitrogens with zero attached hydrogens (tertiary/aromatic N) is 2. The summed E-state index contributed by atoms with van der Waals surface area (Å²) < 4.78 is 1.72. The second-order valence-electron chi connectivity index (χ2n) is 7.51. The van der Waals surface area contributed by atoms with Gasteiger partial charge in [0, 0.05) is 18.8 Å². The number of nitro groups is 2. The highest BCUT2D eigenvalue weighted by Crippen LogP contribution is 2.47. The molecule has 1 aliphatic heterocycles. The molecule has 7 nitrogen and oxygen atoms in total. The molecular formula is C19H19Br2N3O4. The zero-order valence-electron chi connectivity index (χ0n) is 15.2. The van der Waals surface area contributed by atoms with Crippen LogP contribution in [0.4, 0.5) is 0 Å². The molecule has 9 heteroatoms. The fraction of sp³-hybridized carbons (Fsp3) is 0.368. The molecule has 1 saturated heterocycles. The normalized spacial score (nSPS) is 26.6. The maximum absolute atomic E-state index is 12.0. The zero-order valence-corrected chi connectivity index (χ0v) is 18.4. The highest BCUT2D eigenvalue weighted by atomic mass is 79.9. The van der Waals surface area contributed by atoms with Gasteiger partial charge < -0.3 is 0 Å². The minimum absolute atomic E-state index is 0.395. The van der Waals surface area contributed by atoms with E-state index in [1.54, 1.807) is 38.1 Å². The first-order chi connectivity index (χ1) is 13.1. The van der Waals surface area contributed by atoms with Crippen molar-refractivity contribution in [2.45, 2.75) is 38.0 Å². The van der Waals surface area contributed by atoms with Crippen molar-refractivity contribution in [3.63, 3.8) is 0 Å². The van der Waals surface area contributed by atoms with Gasteiger partial charge in [-0.1, -0.05) is 56.1 Å². The lowest BCUT2D eigenvalue weighted by atomic mass is 9.66. The minimum atomic E-state index is -1.19. The average molecular weight is 513 g/mol. The molecule has 1 aliphatic rings. The van der Waals surface area contributed by atoms with E-state index >= 15 is 0 Å². The van der Waals surface area contributed by atoms with Crippen LogP contribution in [-0.2, 0) is 0 Å². The van der Waals surface area contributed by atoms with Gasteiger partial charge in [0.1, 0.15) is 17.5 Å². The molecule has 1 fully saturated rings. The van der Waals surface area contributed by atoms with Gasteiger partial charge in [-0.2, -0.15) is 0 Å². The lowest BCUT2D eigenvalue weighted by Crippen LogP contribution is -2.63. The summed E-state index contributed by atoms with van der Waals surface area (Å²) in [6.07, 6.45) is 0. The highest BCUT2D eigenvalue weighted by molar-refractivity contribution is 9.10. The molecule has 0 aromatic heterocycles. The van der Waals surface area contributed by atoms with Crippen LogP contribution in [0.3, 0.4) is 0 Å². The Morgan fingerprint density at radius 1 is 0.786 bits per heavy atom. The van der Waals surface area contributed by atoms with Crippen LogP contribution < -0.4 is 5.32 Å². The standard InChI is InChI=1S/C19H19Br2N3O4/c1-19(2)17(23(25)26)15(11-3-7-13(20)8-4-11)22-16(18(19)24(27)28)12-5-9-14(21)10-6-12/h3-10,15-18,22H,1-2H3/t15-,16+,17-,18-/m0/s1. The predicted octanol–water partition coefficient (Wildman–Crippen LogP) is 4.91. The smallest absolute Gasteiger partial charge is 0.243 e. The molecule has 148 valence electrons. The van der Waals surface area contributed by atoms with E-state index in [4.69, 9.17) is 0 Å². The second-order valence-corrected chi connectivity index (χ2v) is 9.34. The summed E-state index contributed by atoms with van der Waals surface area (Å²) in [4.78, 5) is 23.2. The first-order valence-corrected chi connectivity index (χ1v) is 10.3. The number of hydrogen-bond donors (Lipinski definition) is 1. The topological polar surface area (TPSA) is 98.3 Å². The van der Waals surface area contributed by atoms with Crippen molar-refractivity contribution in [3.8, 4) is 0 Å². The van der Waals surface area contributed by atoms with Gasteiger partial charge in [0.05, 0.1) is 0 Å². The number of hydrogen-bond acceptors (Lipinski definition) is 5. The Morgan fingerprint density at radius 2 is 1.11 bits per heavy atom. The maximum atomic E-state index is 12.0. The molecule has 28 heavy (non-hydrogen) atoms. The van der Waals surface area contributed by atoms with Crippen molar-refractivity contribution in [1.29, 1.82) is 0 Å². The summed E-state index contributed by atoms with van der Waals surface area (Å²) in [7, 11) is 0. The van der Waals surface area contributed by atoms with Gasteiger partial charge in [0.2, 0.25) is 12.1 Å². The van der Waals surface area contributed by atoms with Gasteiger partial charge in [0.25, 0.3) is 0 Å². The Hall–Kier alpha value is -1.84. The summed E-state index contributed by atoms with van der Waals surface area (Å²) in [5, 5.41) is 27.2. The van der Waals surface area contributed by atoms with E-state index in [1.807, 2.05) is 24.3 Å². The second kappa shape index (κ2) is 7.88. The van der Waals surface area contributed by atoms with Crippen molar-refractivity contribution < 1.29 is 9.85 Å². The quantitative estimate of drug-likeness (QED) is 0.463. The van der Waals surface area contributed by atoms with Crippen LogP contribution in [0, 0.1) is 25.6 Å². The number of rotatable bonds is 4. The third-order valence-corrected chi connectivity index (χ3v) is 6.49. The molecule has 0 unspecified atom stereocenters. The summed E-state index contributed by atoms with van der Waals surface area (Å²) in [6.45, 7) is 3.24. The molecule has 0 radical (unpaired) electrons. The molecule has 0 saturated carbocycles. The van der Waals surface area contributed by atoms with Gasteiger partial charge >= 0.3 is 0 Å². The minimum Gasteiger partial charge on any atom is -0.291 e. The van der Waals surface area contributed by atoms with Crippen molar-refractivity contribution >= 4 is 31.9 Å². The summed E-state index contributed by atoms with van der Waals surface area (Å²) >= 11 is 6.74. The molecule has 0 aliphatic carbocycles. The Bertz CT molecular complexity index is 816. The molecule has 2 aromatic rings. The first-order valence-electron chi connectivity index (χ1n) is 8.67. The van der Waals surface area contributed by atoms with Crippen molar-refractivity contribution in [1.82, 2.24) is 5.32 Å². The van der Waals surface area contributed by atoms with Gasteiger partial charge in [-0.25, -0.2) is 0 Å². The summed E-state index contributed by atoms with van der Waals surface area (Å²) in [5.41, 5.74) is 0.261. The van der Waals surface area contributed by atoms with Crippen LogP contribution in [0.5, 0.6) is 0 Å². The molecule has 2 aromatic carbocycles. The van der Waals surface area contributed by atoms with E-state index in [0.717, 1.165) is 20.1 Å². The van der Waals surface area contributed by atoms with Crippen LogP contribution in [0.2, 0.25) is 0 Å². The van der Waals surface area contributed by atoms with E-state index in [1.165, 1.54) is 0 Å². The van der Waals surface area contributed by atoms with Gasteiger partial charge in [-0.05, 0) is 49.2 Å². The fourth-order valence-corrected chi connectivity index (χ4v) is 4.62. The molecular weight excluding hydrogens is 494 g/mol. The highest BCUT2D eigenvalue weighted by Gasteiger charge is 2.62. The van der Waals surface area contributed by atoms with Crippen LogP contribution in [-0.4, -0.2) is 21.9 Å². The maximum Gasteiger partial charge on any atom is 0.243 e. The van der Waals surface area contributed by atoms with Gasteiger partial charge in [-0.3, -0.25) is 25.5 Å². The molecule has 0 bridgehead atoms. The van der Waals surface area contributed by atoms with Crippen LogP contribution in [0.1, 0.15) is 37.1 Å². The van der Waals surface area contributed by atoms with E-state index in [0.29, 0.717) is 0 Å². The summed E-state index contributed by atoms with van der Waals surface area (Å²) in [5.74, 6) is 0. The molecule has 4 atom stereocenters. The summed E-state index contributed by atoms with van der Waals surface area (Å²) in [6, 6.07) is 10.8. The van der Waals surface area contributed by atoms with Crippen LogP contribution >= 0.6 is 31.9 Å². The Balaban J connectivity index is 2.14. The van der Waals surface area contributed by atoms with E-state index in [9.17, 15) is 20.2 Å². The zero-order chi connectivity index (χ0) is 20.6. The molecule has 0 spiro atoms. The van der Waals surface area contributed by atoms with Gasteiger partial charge in [0.15, 0.2) is 0 Å². The van der Waals surface area contributed by atoms with Crippen molar-refractivity contribution in [3.05, 3.63) is 88.8 Å². The molecule has 3 rings (SSSR count). The van der Waals surface area contributed by atoms with Gasteiger partial charge in [-0.15, -0.1) is 0 Å². The fourth-order valence-electron chi connectivity index (χ4n) is 4.09.